The molecule has 1 aromatic heterocycles. The van der Waals surface area contributed by atoms with Gasteiger partial charge in [-0.05, 0) is 63.0 Å². The van der Waals surface area contributed by atoms with Gasteiger partial charge in [-0.2, -0.15) is 0 Å². The molecule has 29 heavy (non-hydrogen) atoms. The molecule has 3 rings (SSSR count). The molecular formula is C22H28Cl2N4O. The van der Waals surface area contributed by atoms with Crippen LogP contribution in [0.3, 0.4) is 0 Å². The normalized spacial score (nSPS) is 10.6. The summed E-state index contributed by atoms with van der Waals surface area (Å²) in [6, 6.07) is 16.0. The smallest absolute Gasteiger partial charge is 0.154 e. The maximum Gasteiger partial charge on any atom is 0.154 e. The molecule has 0 saturated heterocycles. The summed E-state index contributed by atoms with van der Waals surface area (Å²) in [7, 11) is 5.84. The summed E-state index contributed by atoms with van der Waals surface area (Å²) in [5, 5.41) is 4.51. The number of fused-ring (bicyclic) bond motifs is 1. The van der Waals surface area contributed by atoms with E-state index in [0.29, 0.717) is 5.82 Å². The van der Waals surface area contributed by atoms with Gasteiger partial charge < -0.3 is 15.0 Å². The first-order valence-electron chi connectivity index (χ1n) is 9.13. The number of methoxy groups -OCH3 is 1. The van der Waals surface area contributed by atoms with Crippen LogP contribution in [-0.2, 0) is 0 Å². The van der Waals surface area contributed by atoms with Crippen molar-refractivity contribution in [3.05, 3.63) is 59.9 Å². The number of para-hydroxylation sites is 1. The van der Waals surface area contributed by atoms with Crippen molar-refractivity contribution in [1.29, 1.82) is 0 Å². The average molecular weight is 435 g/mol. The third kappa shape index (κ3) is 7.20. The molecule has 0 amide bonds. The molecule has 1 N–H and O–H groups in total. The Morgan fingerprint density at radius 3 is 2.38 bits per heavy atom. The Morgan fingerprint density at radius 1 is 0.966 bits per heavy atom. The fourth-order valence-electron chi connectivity index (χ4n) is 2.79. The van der Waals surface area contributed by atoms with Crippen LogP contribution in [0.2, 0.25) is 0 Å². The van der Waals surface area contributed by atoms with Gasteiger partial charge in [-0.25, -0.2) is 9.97 Å². The maximum absolute atomic E-state index is 5.20. The number of halogens is 2. The van der Waals surface area contributed by atoms with Gasteiger partial charge in [-0.1, -0.05) is 30.3 Å². The van der Waals surface area contributed by atoms with Crippen LogP contribution < -0.4 is 10.1 Å². The quantitative estimate of drug-likeness (QED) is 0.504. The molecule has 0 spiro atoms. The van der Waals surface area contributed by atoms with Crippen LogP contribution in [-0.4, -0.2) is 49.2 Å². The number of hydrogen-bond acceptors (Lipinski definition) is 5. The summed E-state index contributed by atoms with van der Waals surface area (Å²) in [5.41, 5.74) is 2.02. The molecule has 7 heteroatoms. The van der Waals surface area contributed by atoms with E-state index in [1.807, 2.05) is 54.6 Å². The number of benzene rings is 2. The van der Waals surface area contributed by atoms with Gasteiger partial charge in [0.25, 0.3) is 0 Å². The van der Waals surface area contributed by atoms with Crippen LogP contribution in [0.5, 0.6) is 5.75 Å². The predicted molar refractivity (Wildman–Crippen MR) is 128 cm³/mol. The lowest BCUT2D eigenvalue weighted by Gasteiger charge is -2.12. The van der Waals surface area contributed by atoms with E-state index in [1.165, 1.54) is 0 Å². The number of hydrogen-bond donors (Lipinski definition) is 1. The molecule has 5 nitrogen and oxygen atoms in total. The molecular weight excluding hydrogens is 407 g/mol. The average Bonchev–Trinajstić information content (AvgIpc) is 2.69. The van der Waals surface area contributed by atoms with Crippen molar-refractivity contribution in [2.75, 3.05) is 39.6 Å². The summed E-state index contributed by atoms with van der Waals surface area (Å²) in [5.74, 6) is 2.42. The van der Waals surface area contributed by atoms with Crippen molar-refractivity contribution in [3.63, 3.8) is 0 Å². The summed E-state index contributed by atoms with van der Waals surface area (Å²) in [4.78, 5) is 11.6. The number of rotatable bonds is 8. The SMILES string of the molecule is COc1ccc(/C=C/c2nc(NCCCN(C)C)c3ccccc3n2)cc1.Cl.Cl. The Morgan fingerprint density at radius 2 is 1.69 bits per heavy atom. The number of nitrogens with zero attached hydrogens (tertiary/aromatic N) is 3. The standard InChI is InChI=1S/C22H26N4O.2ClH/c1-26(2)16-6-15-23-22-19-7-4-5-8-20(19)24-21(25-22)14-11-17-9-12-18(27-3)13-10-17;;/h4-5,7-14H,6,15-16H2,1-3H3,(H,23,24,25);2*1H/b14-11+;;. The van der Waals surface area contributed by atoms with E-state index in [9.17, 15) is 0 Å². The summed E-state index contributed by atoms with van der Waals surface area (Å²) in [6.07, 6.45) is 5.01. The first-order valence-corrected chi connectivity index (χ1v) is 9.13. The zero-order valence-electron chi connectivity index (χ0n) is 17.0. The van der Waals surface area contributed by atoms with Crippen LogP contribution in [0.4, 0.5) is 5.82 Å². The van der Waals surface area contributed by atoms with Crippen molar-refractivity contribution in [3.8, 4) is 5.75 Å². The van der Waals surface area contributed by atoms with Crippen molar-refractivity contribution in [1.82, 2.24) is 14.9 Å². The topological polar surface area (TPSA) is 50.3 Å². The molecule has 0 atom stereocenters. The summed E-state index contributed by atoms with van der Waals surface area (Å²) in [6.45, 7) is 1.92. The van der Waals surface area contributed by atoms with Gasteiger partial charge in [-0.3, -0.25) is 0 Å². The lowest BCUT2D eigenvalue weighted by molar-refractivity contribution is 0.405. The number of aromatic nitrogens is 2. The van der Waals surface area contributed by atoms with Crippen LogP contribution >= 0.6 is 24.8 Å². The summed E-state index contributed by atoms with van der Waals surface area (Å²) < 4.78 is 5.20. The monoisotopic (exact) mass is 434 g/mol. The molecule has 0 bridgehead atoms. The largest absolute Gasteiger partial charge is 0.497 e. The highest BCUT2D eigenvalue weighted by Gasteiger charge is 2.05. The molecule has 1 heterocycles. The fourth-order valence-corrected chi connectivity index (χ4v) is 2.79. The van der Waals surface area contributed by atoms with E-state index in [2.05, 4.69) is 35.4 Å². The first kappa shape index (κ1) is 24.7. The van der Waals surface area contributed by atoms with Crippen molar-refractivity contribution in [2.24, 2.45) is 0 Å². The first-order chi connectivity index (χ1) is 13.2. The minimum atomic E-state index is 0. The molecule has 0 aliphatic carbocycles. The van der Waals surface area contributed by atoms with Gasteiger partial charge in [0.05, 0.1) is 12.6 Å². The predicted octanol–water partition coefficient (Wildman–Crippen LogP) is 5.02. The van der Waals surface area contributed by atoms with E-state index < -0.39 is 0 Å². The molecule has 156 valence electrons. The van der Waals surface area contributed by atoms with Crippen LogP contribution in [0.25, 0.3) is 23.1 Å². The van der Waals surface area contributed by atoms with Crippen molar-refractivity contribution >= 4 is 53.7 Å². The molecule has 0 radical (unpaired) electrons. The fraction of sp³-hybridized carbons (Fsp3) is 0.273. The van der Waals surface area contributed by atoms with E-state index in [4.69, 9.17) is 9.72 Å². The minimum Gasteiger partial charge on any atom is -0.497 e. The molecule has 0 aliphatic heterocycles. The second-order valence-electron chi connectivity index (χ2n) is 6.64. The molecule has 3 aromatic rings. The van der Waals surface area contributed by atoms with Gasteiger partial charge in [0.1, 0.15) is 11.6 Å². The van der Waals surface area contributed by atoms with Crippen molar-refractivity contribution < 1.29 is 4.74 Å². The van der Waals surface area contributed by atoms with E-state index in [-0.39, 0.29) is 24.8 Å². The van der Waals surface area contributed by atoms with Crippen LogP contribution in [0, 0.1) is 0 Å². The van der Waals surface area contributed by atoms with Gasteiger partial charge >= 0.3 is 0 Å². The Balaban J connectivity index is 0.00000210. The number of anilines is 1. The lowest BCUT2D eigenvalue weighted by atomic mass is 10.2. The van der Waals surface area contributed by atoms with Crippen LogP contribution in [0.15, 0.2) is 48.5 Å². The Labute approximate surface area is 185 Å². The van der Waals surface area contributed by atoms with E-state index in [1.54, 1.807) is 7.11 Å². The Hall–Kier alpha value is -2.34. The van der Waals surface area contributed by atoms with E-state index in [0.717, 1.165) is 47.5 Å². The highest BCUT2D eigenvalue weighted by atomic mass is 35.5. The summed E-state index contributed by atoms with van der Waals surface area (Å²) >= 11 is 0. The maximum atomic E-state index is 5.20. The van der Waals surface area contributed by atoms with Gasteiger partial charge in [0, 0.05) is 11.9 Å². The van der Waals surface area contributed by atoms with Crippen molar-refractivity contribution in [2.45, 2.75) is 6.42 Å². The van der Waals surface area contributed by atoms with Gasteiger partial charge in [-0.15, -0.1) is 24.8 Å². The molecule has 0 fully saturated rings. The molecule has 0 saturated carbocycles. The Bertz CT molecular complexity index is 914. The highest BCUT2D eigenvalue weighted by molar-refractivity contribution is 5.90. The zero-order chi connectivity index (χ0) is 19.1. The molecule has 2 aromatic carbocycles. The van der Waals surface area contributed by atoms with Crippen LogP contribution in [0.1, 0.15) is 17.8 Å². The Kier molecular flexibility index (Phi) is 10.5. The molecule has 0 unspecified atom stereocenters. The third-order valence-electron chi connectivity index (χ3n) is 4.24. The minimum absolute atomic E-state index is 0. The number of ether oxygens (including phenoxy) is 1. The second-order valence-corrected chi connectivity index (χ2v) is 6.64. The lowest BCUT2D eigenvalue weighted by Crippen LogP contribution is -2.16. The highest BCUT2D eigenvalue weighted by Crippen LogP contribution is 2.21. The second kappa shape index (κ2) is 12.3. The molecule has 0 aliphatic rings. The van der Waals surface area contributed by atoms with E-state index >= 15 is 0 Å². The van der Waals surface area contributed by atoms with Gasteiger partial charge in [0.15, 0.2) is 5.82 Å². The van der Waals surface area contributed by atoms with Gasteiger partial charge in [0.2, 0.25) is 0 Å². The zero-order valence-corrected chi connectivity index (χ0v) is 18.6. The third-order valence-corrected chi connectivity index (χ3v) is 4.24. The number of nitrogens with one attached hydrogen (secondary N) is 1.